The highest BCUT2D eigenvalue weighted by molar-refractivity contribution is 5.23. The predicted molar refractivity (Wildman–Crippen MR) is 45.0 cm³/mol. The standard InChI is InChI=1S/C9H13NO/c1-7(11)9-4-2-8(6-10)3-5-9/h2-5,7,11H,6,10H2,1H3. The van der Waals surface area contributed by atoms with Gasteiger partial charge in [0.05, 0.1) is 6.10 Å². The summed E-state index contributed by atoms with van der Waals surface area (Å²) in [7, 11) is 0. The van der Waals surface area contributed by atoms with Crippen LogP contribution in [0.15, 0.2) is 24.3 Å². The zero-order chi connectivity index (χ0) is 8.27. The SMILES string of the molecule is CC(O)c1ccc(CN)cc1. The summed E-state index contributed by atoms with van der Waals surface area (Å²) in [6.45, 7) is 2.30. The summed E-state index contributed by atoms with van der Waals surface area (Å²) in [5.74, 6) is 0. The largest absolute Gasteiger partial charge is 0.389 e. The molecule has 0 radical (unpaired) electrons. The van der Waals surface area contributed by atoms with Crippen LogP contribution in [-0.2, 0) is 6.54 Å². The van der Waals surface area contributed by atoms with E-state index >= 15 is 0 Å². The number of nitrogens with two attached hydrogens (primary N) is 1. The van der Waals surface area contributed by atoms with Crippen molar-refractivity contribution in [1.82, 2.24) is 0 Å². The third-order valence-electron chi connectivity index (χ3n) is 1.70. The quantitative estimate of drug-likeness (QED) is 0.667. The Bertz CT molecular complexity index is 216. The Labute approximate surface area is 66.7 Å². The van der Waals surface area contributed by atoms with Crippen LogP contribution < -0.4 is 5.73 Å². The summed E-state index contributed by atoms with van der Waals surface area (Å²) in [6.07, 6.45) is -0.387. The summed E-state index contributed by atoms with van der Waals surface area (Å²) >= 11 is 0. The molecule has 0 heterocycles. The van der Waals surface area contributed by atoms with Crippen molar-refractivity contribution >= 4 is 0 Å². The van der Waals surface area contributed by atoms with Gasteiger partial charge >= 0.3 is 0 Å². The number of rotatable bonds is 2. The van der Waals surface area contributed by atoms with Crippen LogP contribution in [0.2, 0.25) is 0 Å². The van der Waals surface area contributed by atoms with Gasteiger partial charge in [-0.3, -0.25) is 0 Å². The zero-order valence-corrected chi connectivity index (χ0v) is 6.62. The topological polar surface area (TPSA) is 46.2 Å². The third-order valence-corrected chi connectivity index (χ3v) is 1.70. The highest BCUT2D eigenvalue weighted by Gasteiger charge is 1.98. The van der Waals surface area contributed by atoms with Crippen LogP contribution >= 0.6 is 0 Å². The molecule has 0 saturated carbocycles. The van der Waals surface area contributed by atoms with E-state index in [4.69, 9.17) is 10.8 Å². The molecule has 3 N–H and O–H groups in total. The normalized spacial score (nSPS) is 13.0. The molecule has 0 aliphatic heterocycles. The fraction of sp³-hybridized carbons (Fsp3) is 0.333. The summed E-state index contributed by atoms with van der Waals surface area (Å²) in [6, 6.07) is 7.66. The van der Waals surface area contributed by atoms with E-state index in [0.717, 1.165) is 11.1 Å². The van der Waals surface area contributed by atoms with E-state index in [9.17, 15) is 0 Å². The zero-order valence-electron chi connectivity index (χ0n) is 6.62. The van der Waals surface area contributed by atoms with Gasteiger partial charge in [-0.1, -0.05) is 24.3 Å². The molecule has 60 valence electrons. The highest BCUT2D eigenvalue weighted by atomic mass is 16.3. The van der Waals surface area contributed by atoms with Crippen molar-refractivity contribution in [1.29, 1.82) is 0 Å². The molecule has 1 atom stereocenters. The average molecular weight is 151 g/mol. The van der Waals surface area contributed by atoms with E-state index in [1.807, 2.05) is 24.3 Å². The average Bonchev–Trinajstić information content (AvgIpc) is 2.05. The van der Waals surface area contributed by atoms with E-state index < -0.39 is 0 Å². The van der Waals surface area contributed by atoms with Gasteiger partial charge in [0.1, 0.15) is 0 Å². The van der Waals surface area contributed by atoms with Gasteiger partial charge in [0.2, 0.25) is 0 Å². The van der Waals surface area contributed by atoms with Crippen molar-refractivity contribution in [3.05, 3.63) is 35.4 Å². The first-order valence-corrected chi connectivity index (χ1v) is 3.71. The molecule has 0 amide bonds. The minimum Gasteiger partial charge on any atom is -0.389 e. The van der Waals surface area contributed by atoms with Gasteiger partial charge in [-0.15, -0.1) is 0 Å². The summed E-state index contributed by atoms with van der Waals surface area (Å²) < 4.78 is 0. The van der Waals surface area contributed by atoms with Gasteiger partial charge in [-0.05, 0) is 18.1 Å². The van der Waals surface area contributed by atoms with Crippen LogP contribution in [0, 0.1) is 0 Å². The van der Waals surface area contributed by atoms with Crippen LogP contribution in [0.1, 0.15) is 24.2 Å². The van der Waals surface area contributed by atoms with Gasteiger partial charge in [-0.2, -0.15) is 0 Å². The Hall–Kier alpha value is -0.860. The maximum Gasteiger partial charge on any atom is 0.0761 e. The third kappa shape index (κ3) is 2.03. The fourth-order valence-corrected chi connectivity index (χ4v) is 0.932. The molecular weight excluding hydrogens is 138 g/mol. The smallest absolute Gasteiger partial charge is 0.0761 e. The lowest BCUT2D eigenvalue weighted by molar-refractivity contribution is 0.199. The van der Waals surface area contributed by atoms with Crippen LogP contribution in [-0.4, -0.2) is 5.11 Å². The summed E-state index contributed by atoms with van der Waals surface area (Å²) in [5, 5.41) is 9.16. The molecule has 0 aromatic heterocycles. The molecule has 0 spiro atoms. The van der Waals surface area contributed by atoms with Crippen molar-refractivity contribution < 1.29 is 5.11 Å². The fourth-order valence-electron chi connectivity index (χ4n) is 0.932. The first kappa shape index (κ1) is 8.24. The molecule has 1 unspecified atom stereocenters. The predicted octanol–water partition coefficient (Wildman–Crippen LogP) is 1.20. The van der Waals surface area contributed by atoms with Gasteiger partial charge in [0.25, 0.3) is 0 Å². The highest BCUT2D eigenvalue weighted by Crippen LogP contribution is 2.11. The summed E-state index contributed by atoms with van der Waals surface area (Å²) in [5.41, 5.74) is 7.44. The number of aliphatic hydroxyl groups is 1. The van der Waals surface area contributed by atoms with Crippen molar-refractivity contribution in [2.24, 2.45) is 5.73 Å². The minimum absolute atomic E-state index is 0.387. The molecule has 1 aromatic rings. The van der Waals surface area contributed by atoms with E-state index in [-0.39, 0.29) is 6.10 Å². The second-order valence-electron chi connectivity index (χ2n) is 2.62. The van der Waals surface area contributed by atoms with Crippen molar-refractivity contribution in [2.45, 2.75) is 19.6 Å². The Kier molecular flexibility index (Phi) is 2.63. The Balaban J connectivity index is 2.83. The molecule has 2 heteroatoms. The molecule has 2 nitrogen and oxygen atoms in total. The molecule has 1 aromatic carbocycles. The molecular formula is C9H13NO. The van der Waals surface area contributed by atoms with Crippen molar-refractivity contribution in [3.63, 3.8) is 0 Å². The molecule has 11 heavy (non-hydrogen) atoms. The maximum atomic E-state index is 9.16. The molecule has 0 aliphatic rings. The second-order valence-corrected chi connectivity index (χ2v) is 2.62. The molecule has 1 rings (SSSR count). The van der Waals surface area contributed by atoms with Gasteiger partial charge in [0.15, 0.2) is 0 Å². The molecule has 0 aliphatic carbocycles. The maximum absolute atomic E-state index is 9.16. The number of hydrogen-bond acceptors (Lipinski definition) is 2. The van der Waals surface area contributed by atoms with Gasteiger partial charge in [-0.25, -0.2) is 0 Å². The van der Waals surface area contributed by atoms with E-state index in [1.165, 1.54) is 0 Å². The second kappa shape index (κ2) is 3.51. The Morgan fingerprint density at radius 1 is 1.36 bits per heavy atom. The van der Waals surface area contributed by atoms with Gasteiger partial charge < -0.3 is 10.8 Å². The lowest BCUT2D eigenvalue weighted by atomic mass is 10.1. The lowest BCUT2D eigenvalue weighted by Gasteiger charge is -2.04. The minimum atomic E-state index is -0.387. The number of hydrogen-bond donors (Lipinski definition) is 2. The molecule has 0 fully saturated rings. The van der Waals surface area contributed by atoms with Crippen molar-refractivity contribution in [2.75, 3.05) is 0 Å². The molecule has 0 bridgehead atoms. The Morgan fingerprint density at radius 3 is 2.27 bits per heavy atom. The van der Waals surface area contributed by atoms with Gasteiger partial charge in [0, 0.05) is 6.54 Å². The molecule has 0 saturated heterocycles. The monoisotopic (exact) mass is 151 g/mol. The van der Waals surface area contributed by atoms with Crippen LogP contribution in [0.3, 0.4) is 0 Å². The van der Waals surface area contributed by atoms with E-state index in [2.05, 4.69) is 0 Å². The van der Waals surface area contributed by atoms with Crippen LogP contribution in [0.5, 0.6) is 0 Å². The Morgan fingerprint density at radius 2 is 1.91 bits per heavy atom. The van der Waals surface area contributed by atoms with Crippen molar-refractivity contribution in [3.8, 4) is 0 Å². The first-order valence-electron chi connectivity index (χ1n) is 3.71. The van der Waals surface area contributed by atoms with E-state index in [0.29, 0.717) is 6.54 Å². The number of benzene rings is 1. The summed E-state index contributed by atoms with van der Waals surface area (Å²) in [4.78, 5) is 0. The first-order chi connectivity index (χ1) is 5.24. The lowest BCUT2D eigenvalue weighted by Crippen LogP contribution is -1.97. The number of aliphatic hydroxyl groups excluding tert-OH is 1. The van der Waals surface area contributed by atoms with Crippen LogP contribution in [0.4, 0.5) is 0 Å². The van der Waals surface area contributed by atoms with Crippen LogP contribution in [0.25, 0.3) is 0 Å². The van der Waals surface area contributed by atoms with E-state index in [1.54, 1.807) is 6.92 Å².